The van der Waals surface area contributed by atoms with Crippen molar-refractivity contribution in [3.8, 4) is 0 Å². The number of carbonyl (C=O) groups is 1. The van der Waals surface area contributed by atoms with Gasteiger partial charge in [-0.25, -0.2) is 0 Å². The maximum Gasteiger partial charge on any atom is 0.273 e. The average Bonchev–Trinajstić information content (AvgIpc) is 2.61. The van der Waals surface area contributed by atoms with E-state index in [2.05, 4.69) is 4.98 Å². The summed E-state index contributed by atoms with van der Waals surface area (Å²) in [7, 11) is 0. The minimum Gasteiger partial charge on any atom is -0.360 e. The summed E-state index contributed by atoms with van der Waals surface area (Å²) < 4.78 is 0. The van der Waals surface area contributed by atoms with Crippen LogP contribution in [-0.2, 0) is 0 Å². The number of H-pyrrole nitrogens is 1. The van der Waals surface area contributed by atoms with E-state index in [0.29, 0.717) is 22.8 Å². The van der Waals surface area contributed by atoms with Crippen LogP contribution in [0.3, 0.4) is 0 Å². The molecular weight excluding hydrogens is 196 g/mol. The highest BCUT2D eigenvalue weighted by molar-refractivity contribution is 6.00. The second-order valence-corrected chi connectivity index (χ2v) is 3.25. The van der Waals surface area contributed by atoms with Crippen molar-refractivity contribution in [3.05, 3.63) is 39.6 Å². The number of hydrogen-bond acceptors (Lipinski definition) is 3. The van der Waals surface area contributed by atoms with Crippen molar-refractivity contribution in [2.24, 2.45) is 0 Å². The molecule has 76 valence electrons. The third-order valence-electron chi connectivity index (χ3n) is 2.43. The lowest BCUT2D eigenvalue weighted by Gasteiger charge is -1.99. The smallest absolute Gasteiger partial charge is 0.273 e. The summed E-state index contributed by atoms with van der Waals surface area (Å²) in [5, 5.41) is 11.3. The molecule has 2 aromatic rings. The predicted molar refractivity (Wildman–Crippen MR) is 55.1 cm³/mol. The number of rotatable bonds is 2. The van der Waals surface area contributed by atoms with Crippen LogP contribution in [0, 0.1) is 17.0 Å². The molecule has 0 spiro atoms. The van der Waals surface area contributed by atoms with Crippen molar-refractivity contribution >= 4 is 22.9 Å². The molecule has 5 nitrogen and oxygen atoms in total. The highest BCUT2D eigenvalue weighted by Crippen LogP contribution is 2.28. The Morgan fingerprint density at radius 2 is 2.20 bits per heavy atom. The number of benzene rings is 1. The monoisotopic (exact) mass is 204 g/mol. The molecule has 0 aliphatic heterocycles. The van der Waals surface area contributed by atoms with E-state index in [1.807, 2.05) is 0 Å². The maximum atomic E-state index is 10.7. The van der Waals surface area contributed by atoms with Crippen molar-refractivity contribution in [1.82, 2.24) is 4.98 Å². The first-order valence-electron chi connectivity index (χ1n) is 4.35. The number of fused-ring (bicyclic) bond motifs is 1. The number of nitrogens with zero attached hydrogens (tertiary/aromatic N) is 1. The summed E-state index contributed by atoms with van der Waals surface area (Å²) in [5.74, 6) is 0. The number of nitro groups is 1. The molecule has 1 aromatic carbocycles. The minimum atomic E-state index is -0.448. The fourth-order valence-electron chi connectivity index (χ4n) is 1.71. The first-order valence-corrected chi connectivity index (χ1v) is 4.35. The Morgan fingerprint density at radius 1 is 1.47 bits per heavy atom. The van der Waals surface area contributed by atoms with Gasteiger partial charge in [-0.05, 0) is 13.0 Å². The molecule has 1 N–H and O–H groups in total. The van der Waals surface area contributed by atoms with Gasteiger partial charge in [0.05, 0.1) is 4.92 Å². The standard InChI is InChI=1S/C10H8N2O3/c1-6-9(12(14)15)3-2-8-10(6)7(5-13)4-11-8/h2-5,11H,1H3. The molecule has 0 amide bonds. The summed E-state index contributed by atoms with van der Waals surface area (Å²) in [4.78, 5) is 23.9. The van der Waals surface area contributed by atoms with Gasteiger partial charge >= 0.3 is 0 Å². The molecule has 0 fully saturated rings. The molecule has 0 atom stereocenters. The van der Waals surface area contributed by atoms with Gasteiger partial charge in [-0.2, -0.15) is 0 Å². The van der Waals surface area contributed by atoms with Gasteiger partial charge in [0.25, 0.3) is 5.69 Å². The molecule has 0 saturated carbocycles. The Kier molecular flexibility index (Phi) is 2.00. The highest BCUT2D eigenvalue weighted by Gasteiger charge is 2.15. The molecule has 0 aliphatic rings. The van der Waals surface area contributed by atoms with Crippen LogP contribution in [0.25, 0.3) is 10.9 Å². The number of aldehydes is 1. The first-order chi connectivity index (χ1) is 7.15. The van der Waals surface area contributed by atoms with Crippen molar-refractivity contribution < 1.29 is 9.72 Å². The number of nitrogens with one attached hydrogen (secondary N) is 1. The van der Waals surface area contributed by atoms with Crippen molar-refractivity contribution in [3.63, 3.8) is 0 Å². The fourth-order valence-corrected chi connectivity index (χ4v) is 1.71. The van der Waals surface area contributed by atoms with Crippen LogP contribution < -0.4 is 0 Å². The van der Waals surface area contributed by atoms with Crippen LogP contribution in [0.2, 0.25) is 0 Å². The predicted octanol–water partition coefficient (Wildman–Crippen LogP) is 2.20. The van der Waals surface area contributed by atoms with Gasteiger partial charge in [-0.1, -0.05) is 0 Å². The maximum absolute atomic E-state index is 10.7. The van der Waals surface area contributed by atoms with E-state index in [4.69, 9.17) is 0 Å². The van der Waals surface area contributed by atoms with E-state index in [1.54, 1.807) is 19.2 Å². The molecule has 5 heteroatoms. The summed E-state index contributed by atoms with van der Waals surface area (Å²) >= 11 is 0. The zero-order valence-electron chi connectivity index (χ0n) is 7.98. The van der Waals surface area contributed by atoms with Crippen molar-refractivity contribution in [2.45, 2.75) is 6.92 Å². The third-order valence-corrected chi connectivity index (χ3v) is 2.43. The fraction of sp³-hybridized carbons (Fsp3) is 0.100. The van der Waals surface area contributed by atoms with Gasteiger partial charge in [-0.15, -0.1) is 0 Å². The van der Waals surface area contributed by atoms with Crippen LogP contribution in [0.5, 0.6) is 0 Å². The SMILES string of the molecule is Cc1c([N+](=O)[O-])ccc2[nH]cc(C=O)c12. The van der Waals surface area contributed by atoms with Gasteiger partial charge in [0.1, 0.15) is 0 Å². The summed E-state index contributed by atoms with van der Waals surface area (Å²) in [6, 6.07) is 3.04. The number of carbonyl (C=O) groups excluding carboxylic acids is 1. The molecular formula is C10H8N2O3. The van der Waals surface area contributed by atoms with Crippen LogP contribution in [0.1, 0.15) is 15.9 Å². The largest absolute Gasteiger partial charge is 0.360 e. The lowest BCUT2D eigenvalue weighted by atomic mass is 10.1. The van der Waals surface area contributed by atoms with Gasteiger partial charge in [0.15, 0.2) is 6.29 Å². The number of nitro benzene ring substituents is 1. The van der Waals surface area contributed by atoms with E-state index in [0.717, 1.165) is 5.52 Å². The second kappa shape index (κ2) is 3.20. The molecule has 0 saturated heterocycles. The van der Waals surface area contributed by atoms with E-state index >= 15 is 0 Å². The summed E-state index contributed by atoms with van der Waals surface area (Å²) in [6.45, 7) is 1.64. The Hall–Kier alpha value is -2.17. The van der Waals surface area contributed by atoms with Crippen LogP contribution in [-0.4, -0.2) is 16.2 Å². The van der Waals surface area contributed by atoms with Crippen molar-refractivity contribution in [2.75, 3.05) is 0 Å². The topological polar surface area (TPSA) is 76.0 Å². The highest BCUT2D eigenvalue weighted by atomic mass is 16.6. The molecule has 0 aliphatic carbocycles. The normalized spacial score (nSPS) is 10.5. The van der Waals surface area contributed by atoms with E-state index in [1.165, 1.54) is 6.07 Å². The van der Waals surface area contributed by atoms with Crippen LogP contribution >= 0.6 is 0 Å². The number of aromatic amines is 1. The lowest BCUT2D eigenvalue weighted by Crippen LogP contribution is -1.92. The molecule has 1 heterocycles. The van der Waals surface area contributed by atoms with Crippen LogP contribution in [0.4, 0.5) is 5.69 Å². The average molecular weight is 204 g/mol. The Labute approximate surface area is 84.9 Å². The Balaban J connectivity index is 2.86. The number of aromatic nitrogens is 1. The van der Waals surface area contributed by atoms with Crippen LogP contribution in [0.15, 0.2) is 18.3 Å². The summed E-state index contributed by atoms with van der Waals surface area (Å²) in [6.07, 6.45) is 2.24. The van der Waals surface area contributed by atoms with Gasteiger partial charge in [-0.3, -0.25) is 14.9 Å². The van der Waals surface area contributed by atoms with Gasteiger partial charge < -0.3 is 4.98 Å². The van der Waals surface area contributed by atoms with Gasteiger partial charge in [0, 0.05) is 34.3 Å². The molecule has 0 bridgehead atoms. The van der Waals surface area contributed by atoms with Gasteiger partial charge in [0.2, 0.25) is 0 Å². The number of hydrogen-bond donors (Lipinski definition) is 1. The molecule has 1 aromatic heterocycles. The summed E-state index contributed by atoms with van der Waals surface area (Å²) in [5.41, 5.74) is 1.73. The molecule has 15 heavy (non-hydrogen) atoms. The number of aryl methyl sites for hydroxylation is 1. The Morgan fingerprint density at radius 3 is 2.80 bits per heavy atom. The first kappa shape index (κ1) is 9.39. The minimum absolute atomic E-state index is 0.0326. The van der Waals surface area contributed by atoms with E-state index < -0.39 is 4.92 Å². The lowest BCUT2D eigenvalue weighted by molar-refractivity contribution is -0.385. The van der Waals surface area contributed by atoms with E-state index in [-0.39, 0.29) is 5.69 Å². The quantitative estimate of drug-likeness (QED) is 0.462. The second-order valence-electron chi connectivity index (χ2n) is 3.25. The Bertz CT molecular complexity index is 557. The third kappa shape index (κ3) is 1.28. The zero-order valence-corrected chi connectivity index (χ0v) is 7.98. The zero-order chi connectivity index (χ0) is 11.0. The molecule has 0 unspecified atom stereocenters. The molecule has 2 rings (SSSR count). The van der Waals surface area contributed by atoms with Crippen molar-refractivity contribution in [1.29, 1.82) is 0 Å². The molecule has 0 radical (unpaired) electrons. The van der Waals surface area contributed by atoms with E-state index in [9.17, 15) is 14.9 Å².